The van der Waals surface area contributed by atoms with Crippen LogP contribution in [0.1, 0.15) is 28.2 Å². The van der Waals surface area contributed by atoms with Crippen LogP contribution in [0, 0.1) is 6.92 Å². The molecule has 0 fully saturated rings. The Kier molecular flexibility index (Phi) is 4.70. The summed E-state index contributed by atoms with van der Waals surface area (Å²) in [5, 5.41) is 8.17. The standard InChI is InChI=1S/C21H19N3O3/c1-15-20(22-23-24(15)17-8-3-2-4-9-17)18(25)12-11-16-7-5-10-19-21(16)27-14-6-13-26-19/h2-5,7-12H,6,13-14H2,1H3. The van der Waals surface area contributed by atoms with Gasteiger partial charge in [0, 0.05) is 12.0 Å². The van der Waals surface area contributed by atoms with E-state index in [4.69, 9.17) is 9.47 Å². The Morgan fingerprint density at radius 3 is 2.74 bits per heavy atom. The number of ether oxygens (including phenoxy) is 2. The van der Waals surface area contributed by atoms with Crippen molar-refractivity contribution in [2.45, 2.75) is 13.3 Å². The summed E-state index contributed by atoms with van der Waals surface area (Å²) in [6, 6.07) is 15.3. The highest BCUT2D eigenvalue weighted by atomic mass is 16.5. The molecule has 3 aromatic rings. The number of fused-ring (bicyclic) bond motifs is 1. The highest BCUT2D eigenvalue weighted by Crippen LogP contribution is 2.34. The van der Waals surface area contributed by atoms with Crippen molar-refractivity contribution >= 4 is 11.9 Å². The topological polar surface area (TPSA) is 66.2 Å². The average molecular weight is 361 g/mol. The van der Waals surface area contributed by atoms with E-state index in [0.717, 1.165) is 17.7 Å². The summed E-state index contributed by atoms with van der Waals surface area (Å²) >= 11 is 0. The molecule has 0 spiro atoms. The van der Waals surface area contributed by atoms with Gasteiger partial charge in [-0.3, -0.25) is 4.79 Å². The molecular weight excluding hydrogens is 342 g/mol. The Labute approximate surface area is 157 Å². The fraction of sp³-hybridized carbons (Fsp3) is 0.190. The number of carbonyl (C=O) groups excluding carboxylic acids is 1. The van der Waals surface area contributed by atoms with Crippen molar-refractivity contribution in [3.8, 4) is 17.2 Å². The summed E-state index contributed by atoms with van der Waals surface area (Å²) in [6.07, 6.45) is 4.06. The van der Waals surface area contributed by atoms with Crippen molar-refractivity contribution in [3.05, 3.63) is 71.6 Å². The molecule has 0 N–H and O–H groups in total. The summed E-state index contributed by atoms with van der Waals surface area (Å²) in [4.78, 5) is 12.6. The molecule has 0 unspecified atom stereocenters. The van der Waals surface area contributed by atoms with E-state index in [0.29, 0.717) is 36.1 Å². The summed E-state index contributed by atoms with van der Waals surface area (Å²) in [5.74, 6) is 1.17. The number of nitrogens with zero attached hydrogens (tertiary/aromatic N) is 3. The predicted octanol–water partition coefficient (Wildman–Crippen LogP) is 3.63. The monoisotopic (exact) mass is 361 g/mol. The molecule has 0 aliphatic carbocycles. The van der Waals surface area contributed by atoms with Crippen LogP contribution in [0.4, 0.5) is 0 Å². The maximum Gasteiger partial charge on any atom is 0.208 e. The van der Waals surface area contributed by atoms with Crippen LogP contribution < -0.4 is 9.47 Å². The van der Waals surface area contributed by atoms with Crippen LogP contribution >= 0.6 is 0 Å². The number of hydrogen-bond donors (Lipinski definition) is 0. The normalized spacial score (nSPS) is 13.5. The summed E-state index contributed by atoms with van der Waals surface area (Å²) in [5.41, 5.74) is 2.69. The first kappa shape index (κ1) is 17.0. The molecule has 136 valence electrons. The lowest BCUT2D eigenvalue weighted by Gasteiger charge is -2.09. The molecule has 0 bridgehead atoms. The fourth-order valence-corrected chi connectivity index (χ4v) is 2.96. The van der Waals surface area contributed by atoms with E-state index in [1.54, 1.807) is 10.8 Å². The Morgan fingerprint density at radius 1 is 1.07 bits per heavy atom. The first-order valence-corrected chi connectivity index (χ1v) is 8.83. The number of hydrogen-bond acceptors (Lipinski definition) is 5. The number of ketones is 1. The molecule has 0 atom stereocenters. The van der Waals surface area contributed by atoms with E-state index in [-0.39, 0.29) is 5.78 Å². The molecular formula is C21H19N3O3. The lowest BCUT2D eigenvalue weighted by Crippen LogP contribution is -2.01. The van der Waals surface area contributed by atoms with Crippen LogP contribution in [0.25, 0.3) is 11.8 Å². The molecule has 0 saturated heterocycles. The second kappa shape index (κ2) is 7.45. The van der Waals surface area contributed by atoms with Crippen molar-refractivity contribution < 1.29 is 14.3 Å². The van der Waals surface area contributed by atoms with Crippen LogP contribution in [0.2, 0.25) is 0 Å². The Morgan fingerprint density at radius 2 is 1.89 bits per heavy atom. The van der Waals surface area contributed by atoms with E-state index >= 15 is 0 Å². The van der Waals surface area contributed by atoms with Gasteiger partial charge in [0.15, 0.2) is 17.2 Å². The predicted molar refractivity (Wildman–Crippen MR) is 102 cm³/mol. The zero-order valence-corrected chi connectivity index (χ0v) is 15.0. The molecule has 4 rings (SSSR count). The lowest BCUT2D eigenvalue weighted by atomic mass is 10.1. The number of benzene rings is 2. The third kappa shape index (κ3) is 3.46. The summed E-state index contributed by atoms with van der Waals surface area (Å²) in [7, 11) is 0. The minimum atomic E-state index is -0.207. The molecule has 6 nitrogen and oxygen atoms in total. The van der Waals surface area contributed by atoms with Gasteiger partial charge < -0.3 is 9.47 Å². The molecule has 0 saturated carbocycles. The van der Waals surface area contributed by atoms with Crippen molar-refractivity contribution in [2.24, 2.45) is 0 Å². The lowest BCUT2D eigenvalue weighted by molar-refractivity contribution is 0.104. The van der Waals surface area contributed by atoms with Crippen molar-refractivity contribution in [2.75, 3.05) is 13.2 Å². The van der Waals surface area contributed by atoms with Crippen molar-refractivity contribution in [1.82, 2.24) is 15.0 Å². The Hall–Kier alpha value is -3.41. The fourth-order valence-electron chi connectivity index (χ4n) is 2.96. The first-order valence-electron chi connectivity index (χ1n) is 8.83. The number of para-hydroxylation sites is 2. The third-order valence-corrected chi connectivity index (χ3v) is 4.34. The zero-order chi connectivity index (χ0) is 18.6. The maximum atomic E-state index is 12.6. The van der Waals surface area contributed by atoms with Crippen LogP contribution in [-0.4, -0.2) is 34.0 Å². The van der Waals surface area contributed by atoms with Crippen molar-refractivity contribution in [1.29, 1.82) is 0 Å². The quantitative estimate of drug-likeness (QED) is 0.524. The van der Waals surface area contributed by atoms with E-state index in [1.165, 1.54) is 6.08 Å². The molecule has 0 amide bonds. The second-order valence-electron chi connectivity index (χ2n) is 6.19. The third-order valence-electron chi connectivity index (χ3n) is 4.34. The highest BCUT2D eigenvalue weighted by molar-refractivity contribution is 6.06. The average Bonchev–Trinajstić information content (AvgIpc) is 2.92. The molecule has 2 aromatic carbocycles. The molecule has 1 aliphatic rings. The maximum absolute atomic E-state index is 12.6. The van der Waals surface area contributed by atoms with Gasteiger partial charge in [0.05, 0.1) is 24.6 Å². The smallest absolute Gasteiger partial charge is 0.208 e. The zero-order valence-electron chi connectivity index (χ0n) is 15.0. The van der Waals surface area contributed by atoms with Crippen LogP contribution in [-0.2, 0) is 0 Å². The summed E-state index contributed by atoms with van der Waals surface area (Å²) < 4.78 is 13.1. The van der Waals surface area contributed by atoms with Gasteiger partial charge in [-0.05, 0) is 37.3 Å². The van der Waals surface area contributed by atoms with Crippen molar-refractivity contribution in [3.63, 3.8) is 0 Å². The van der Waals surface area contributed by atoms with Crippen LogP contribution in [0.5, 0.6) is 11.5 Å². The summed E-state index contributed by atoms with van der Waals surface area (Å²) in [6.45, 7) is 3.05. The number of allylic oxidation sites excluding steroid dienone is 1. The minimum Gasteiger partial charge on any atom is -0.490 e. The van der Waals surface area contributed by atoms with Gasteiger partial charge in [-0.1, -0.05) is 35.5 Å². The van der Waals surface area contributed by atoms with E-state index < -0.39 is 0 Å². The SMILES string of the molecule is Cc1c(C(=O)C=Cc2cccc3c2OCCCO3)nnn1-c1ccccc1. The van der Waals surface area contributed by atoms with E-state index in [1.807, 2.05) is 55.5 Å². The molecule has 6 heteroatoms. The largest absolute Gasteiger partial charge is 0.490 e. The first-order chi connectivity index (χ1) is 13.2. The van der Waals surface area contributed by atoms with Gasteiger partial charge in [0.2, 0.25) is 5.78 Å². The van der Waals surface area contributed by atoms with Gasteiger partial charge in [-0.15, -0.1) is 5.10 Å². The van der Waals surface area contributed by atoms with E-state index in [2.05, 4.69) is 10.3 Å². The molecule has 2 heterocycles. The minimum absolute atomic E-state index is 0.207. The molecule has 27 heavy (non-hydrogen) atoms. The molecule has 1 aromatic heterocycles. The number of rotatable bonds is 4. The molecule has 1 aliphatic heterocycles. The van der Waals surface area contributed by atoms with E-state index in [9.17, 15) is 4.79 Å². The van der Waals surface area contributed by atoms with Gasteiger partial charge in [-0.25, -0.2) is 4.68 Å². The Balaban J connectivity index is 1.60. The Bertz CT molecular complexity index is 993. The van der Waals surface area contributed by atoms with Gasteiger partial charge in [-0.2, -0.15) is 0 Å². The molecule has 0 radical (unpaired) electrons. The number of carbonyl (C=O) groups is 1. The highest BCUT2D eigenvalue weighted by Gasteiger charge is 2.16. The van der Waals surface area contributed by atoms with Crippen LogP contribution in [0.3, 0.4) is 0 Å². The van der Waals surface area contributed by atoms with Gasteiger partial charge in [0.25, 0.3) is 0 Å². The number of aromatic nitrogens is 3. The van der Waals surface area contributed by atoms with Gasteiger partial charge in [0.1, 0.15) is 0 Å². The van der Waals surface area contributed by atoms with Gasteiger partial charge >= 0.3 is 0 Å². The van der Waals surface area contributed by atoms with Crippen LogP contribution in [0.15, 0.2) is 54.6 Å². The second-order valence-corrected chi connectivity index (χ2v) is 6.19.